The van der Waals surface area contributed by atoms with Crippen LogP contribution in [0.2, 0.25) is 0 Å². The number of nitrogens with zero attached hydrogens (tertiary/aromatic N) is 2. The molecule has 2 atom stereocenters. The van der Waals surface area contributed by atoms with Crippen molar-refractivity contribution in [3.63, 3.8) is 0 Å². The van der Waals surface area contributed by atoms with Crippen LogP contribution in [0.5, 0.6) is 0 Å². The molecule has 1 aromatic carbocycles. The van der Waals surface area contributed by atoms with Gasteiger partial charge in [-0.05, 0) is 51.3 Å². The quantitative estimate of drug-likeness (QED) is 0.804. The van der Waals surface area contributed by atoms with E-state index in [0.717, 1.165) is 12.6 Å². The number of rotatable bonds is 2. The molecule has 19 heavy (non-hydrogen) atoms. The second kappa shape index (κ2) is 5.26. The minimum absolute atomic E-state index is 0.705. The van der Waals surface area contributed by atoms with Gasteiger partial charge in [0.1, 0.15) is 0 Å². The molecule has 2 heterocycles. The SMILES string of the molecule is Cc1ccc(C)c(CN2CCN3CCC[C@@H]3[C@@H]2C)c1. The Morgan fingerprint density at radius 3 is 2.84 bits per heavy atom. The summed E-state index contributed by atoms with van der Waals surface area (Å²) in [4.78, 5) is 5.39. The van der Waals surface area contributed by atoms with Gasteiger partial charge in [0.05, 0.1) is 0 Å². The summed E-state index contributed by atoms with van der Waals surface area (Å²) in [5, 5.41) is 0. The molecule has 2 aliphatic rings. The summed E-state index contributed by atoms with van der Waals surface area (Å²) in [5.41, 5.74) is 4.33. The fourth-order valence-electron chi connectivity index (χ4n) is 3.79. The van der Waals surface area contributed by atoms with Crippen molar-refractivity contribution >= 4 is 0 Å². The van der Waals surface area contributed by atoms with Gasteiger partial charge in [-0.25, -0.2) is 0 Å². The van der Waals surface area contributed by atoms with Gasteiger partial charge in [-0.1, -0.05) is 23.8 Å². The molecule has 0 bridgehead atoms. The number of piperazine rings is 1. The summed E-state index contributed by atoms with van der Waals surface area (Å²) in [6.07, 6.45) is 2.79. The highest BCUT2D eigenvalue weighted by Crippen LogP contribution is 2.28. The van der Waals surface area contributed by atoms with E-state index in [-0.39, 0.29) is 0 Å². The third kappa shape index (κ3) is 2.56. The molecule has 2 aliphatic heterocycles. The standard InChI is InChI=1S/C17H26N2/c1-13-6-7-14(2)16(11-13)12-19-10-9-18-8-4-5-17(18)15(19)3/h6-7,11,15,17H,4-5,8-10,12H2,1-3H3/t15-,17+/m0/s1. The van der Waals surface area contributed by atoms with E-state index in [1.807, 2.05) is 0 Å². The monoisotopic (exact) mass is 258 g/mol. The zero-order chi connectivity index (χ0) is 13.4. The van der Waals surface area contributed by atoms with Crippen molar-refractivity contribution in [3.05, 3.63) is 34.9 Å². The molecule has 104 valence electrons. The molecular weight excluding hydrogens is 232 g/mol. The summed E-state index contributed by atoms with van der Waals surface area (Å²) in [6.45, 7) is 11.8. The fraction of sp³-hybridized carbons (Fsp3) is 0.647. The lowest BCUT2D eigenvalue weighted by Gasteiger charge is -2.43. The first kappa shape index (κ1) is 13.1. The van der Waals surface area contributed by atoms with Crippen LogP contribution in [0.3, 0.4) is 0 Å². The van der Waals surface area contributed by atoms with E-state index in [9.17, 15) is 0 Å². The maximum atomic E-state index is 2.70. The van der Waals surface area contributed by atoms with E-state index in [4.69, 9.17) is 0 Å². The summed E-state index contributed by atoms with van der Waals surface area (Å²) in [6, 6.07) is 8.36. The predicted octanol–water partition coefficient (Wildman–Crippen LogP) is 2.97. The Bertz CT molecular complexity index is 455. The number of benzene rings is 1. The Balaban J connectivity index is 1.74. The first-order valence-electron chi connectivity index (χ1n) is 7.69. The molecule has 0 unspecified atom stereocenters. The smallest absolute Gasteiger partial charge is 0.0250 e. The molecule has 3 rings (SSSR count). The van der Waals surface area contributed by atoms with Crippen molar-refractivity contribution in [1.82, 2.24) is 9.80 Å². The Morgan fingerprint density at radius 1 is 1.16 bits per heavy atom. The van der Waals surface area contributed by atoms with Crippen LogP contribution in [-0.4, -0.2) is 41.5 Å². The largest absolute Gasteiger partial charge is 0.298 e. The third-order valence-corrected chi connectivity index (χ3v) is 5.10. The van der Waals surface area contributed by atoms with Crippen LogP contribution in [-0.2, 0) is 6.54 Å². The third-order valence-electron chi connectivity index (χ3n) is 5.10. The summed E-state index contributed by atoms with van der Waals surface area (Å²) >= 11 is 0. The molecule has 0 amide bonds. The van der Waals surface area contributed by atoms with E-state index >= 15 is 0 Å². The number of hydrogen-bond acceptors (Lipinski definition) is 2. The van der Waals surface area contributed by atoms with Gasteiger partial charge in [-0.2, -0.15) is 0 Å². The number of hydrogen-bond donors (Lipinski definition) is 0. The average Bonchev–Trinajstić information content (AvgIpc) is 2.86. The second-order valence-corrected chi connectivity index (χ2v) is 6.39. The van der Waals surface area contributed by atoms with Gasteiger partial charge in [0.2, 0.25) is 0 Å². The van der Waals surface area contributed by atoms with Crippen LogP contribution < -0.4 is 0 Å². The molecule has 2 nitrogen and oxygen atoms in total. The van der Waals surface area contributed by atoms with Crippen LogP contribution in [0.25, 0.3) is 0 Å². The van der Waals surface area contributed by atoms with E-state index in [0.29, 0.717) is 6.04 Å². The Kier molecular flexibility index (Phi) is 3.64. The molecule has 0 saturated carbocycles. The maximum Gasteiger partial charge on any atom is 0.0250 e. The molecule has 0 radical (unpaired) electrons. The molecule has 0 aromatic heterocycles. The van der Waals surface area contributed by atoms with Crippen molar-refractivity contribution in [2.45, 2.75) is 52.2 Å². The molecule has 2 fully saturated rings. The second-order valence-electron chi connectivity index (χ2n) is 6.39. The Hall–Kier alpha value is -0.860. The minimum Gasteiger partial charge on any atom is -0.298 e. The van der Waals surface area contributed by atoms with Crippen molar-refractivity contribution in [3.8, 4) is 0 Å². The highest BCUT2D eigenvalue weighted by molar-refractivity contribution is 5.30. The molecule has 2 saturated heterocycles. The van der Waals surface area contributed by atoms with Crippen LogP contribution in [0.15, 0.2) is 18.2 Å². The van der Waals surface area contributed by atoms with Crippen LogP contribution >= 0.6 is 0 Å². The first-order valence-corrected chi connectivity index (χ1v) is 7.69. The van der Waals surface area contributed by atoms with E-state index < -0.39 is 0 Å². The predicted molar refractivity (Wildman–Crippen MR) is 80.4 cm³/mol. The normalized spacial score (nSPS) is 28.6. The summed E-state index contributed by atoms with van der Waals surface area (Å²) < 4.78 is 0. The lowest BCUT2D eigenvalue weighted by atomic mass is 10.00. The zero-order valence-corrected chi connectivity index (χ0v) is 12.5. The fourth-order valence-corrected chi connectivity index (χ4v) is 3.79. The number of fused-ring (bicyclic) bond motifs is 1. The van der Waals surface area contributed by atoms with Crippen LogP contribution in [0, 0.1) is 13.8 Å². The minimum atomic E-state index is 0.705. The molecular formula is C17H26N2. The zero-order valence-electron chi connectivity index (χ0n) is 12.5. The van der Waals surface area contributed by atoms with Crippen molar-refractivity contribution in [2.75, 3.05) is 19.6 Å². The van der Waals surface area contributed by atoms with Crippen molar-refractivity contribution in [1.29, 1.82) is 0 Å². The maximum absolute atomic E-state index is 2.70. The lowest BCUT2D eigenvalue weighted by molar-refractivity contribution is 0.0469. The number of aryl methyl sites for hydroxylation is 2. The van der Waals surface area contributed by atoms with Crippen molar-refractivity contribution in [2.24, 2.45) is 0 Å². The van der Waals surface area contributed by atoms with Gasteiger partial charge >= 0.3 is 0 Å². The topological polar surface area (TPSA) is 6.48 Å². The van der Waals surface area contributed by atoms with Gasteiger partial charge in [-0.3, -0.25) is 9.80 Å². The van der Waals surface area contributed by atoms with E-state index in [2.05, 4.69) is 48.8 Å². The molecule has 1 aromatic rings. The average molecular weight is 258 g/mol. The molecule has 0 spiro atoms. The summed E-state index contributed by atoms with van der Waals surface area (Å²) in [5.74, 6) is 0. The van der Waals surface area contributed by atoms with Gasteiger partial charge in [0.15, 0.2) is 0 Å². The van der Waals surface area contributed by atoms with Gasteiger partial charge in [-0.15, -0.1) is 0 Å². The molecule has 0 N–H and O–H groups in total. The first-order chi connectivity index (χ1) is 9.15. The van der Waals surface area contributed by atoms with E-state index in [1.165, 1.54) is 49.2 Å². The van der Waals surface area contributed by atoms with Crippen LogP contribution in [0.1, 0.15) is 36.5 Å². The Morgan fingerprint density at radius 2 is 2.00 bits per heavy atom. The van der Waals surface area contributed by atoms with E-state index in [1.54, 1.807) is 0 Å². The molecule has 0 aliphatic carbocycles. The highest BCUT2D eigenvalue weighted by Gasteiger charge is 2.36. The lowest BCUT2D eigenvalue weighted by Crippen LogP contribution is -2.55. The highest BCUT2D eigenvalue weighted by atomic mass is 15.3. The summed E-state index contributed by atoms with van der Waals surface area (Å²) in [7, 11) is 0. The van der Waals surface area contributed by atoms with Crippen molar-refractivity contribution < 1.29 is 0 Å². The van der Waals surface area contributed by atoms with Gasteiger partial charge < -0.3 is 0 Å². The molecule has 2 heteroatoms. The van der Waals surface area contributed by atoms with Gasteiger partial charge in [0.25, 0.3) is 0 Å². The Labute approximate surface area is 117 Å². The van der Waals surface area contributed by atoms with Gasteiger partial charge in [0, 0.05) is 31.7 Å². The van der Waals surface area contributed by atoms with Crippen LogP contribution in [0.4, 0.5) is 0 Å².